The Morgan fingerprint density at radius 1 is 1.23 bits per heavy atom. The van der Waals surface area contributed by atoms with Gasteiger partial charge in [0.15, 0.2) is 0 Å². The van der Waals surface area contributed by atoms with Crippen LogP contribution in [0.4, 0.5) is 5.95 Å². The highest BCUT2D eigenvalue weighted by atomic mass is 16.5. The van der Waals surface area contributed by atoms with Crippen LogP contribution in [0.15, 0.2) is 29.1 Å². The molecule has 31 heavy (non-hydrogen) atoms. The number of carbonyl (C=O) groups is 1. The number of hydrogen-bond acceptors (Lipinski definition) is 6. The summed E-state index contributed by atoms with van der Waals surface area (Å²) in [4.78, 5) is 36.8. The van der Waals surface area contributed by atoms with E-state index in [0.29, 0.717) is 68.8 Å². The van der Waals surface area contributed by atoms with Crippen molar-refractivity contribution in [1.29, 1.82) is 0 Å². The van der Waals surface area contributed by atoms with Crippen LogP contribution in [0.25, 0.3) is 0 Å². The molecule has 166 valence electrons. The fraction of sp³-hybridized carbons (Fsp3) is 0.522. The molecule has 8 nitrogen and oxygen atoms in total. The third-order valence-corrected chi connectivity index (χ3v) is 6.24. The Hall–Kier alpha value is -2.87. The Morgan fingerprint density at radius 3 is 2.65 bits per heavy atom. The molecule has 2 aliphatic rings. The lowest BCUT2D eigenvalue weighted by atomic mass is 9.98. The van der Waals surface area contributed by atoms with Gasteiger partial charge in [-0.25, -0.2) is 4.98 Å². The summed E-state index contributed by atoms with van der Waals surface area (Å²) in [5.74, 6) is 1.85. The van der Waals surface area contributed by atoms with Gasteiger partial charge >= 0.3 is 0 Å². The number of morpholine rings is 1. The second kappa shape index (κ2) is 9.51. The van der Waals surface area contributed by atoms with Crippen LogP contribution in [0.3, 0.4) is 0 Å². The molecule has 4 rings (SSSR count). The molecule has 1 N–H and O–H groups in total. The van der Waals surface area contributed by atoms with Crippen LogP contribution in [0, 0.1) is 6.92 Å². The number of aromatic nitrogens is 2. The van der Waals surface area contributed by atoms with Crippen LogP contribution >= 0.6 is 0 Å². The topological polar surface area (TPSA) is 87.8 Å². The lowest BCUT2D eigenvalue weighted by Gasteiger charge is -2.27. The number of hydrogen-bond donors (Lipinski definition) is 1. The second-order valence-corrected chi connectivity index (χ2v) is 8.15. The van der Waals surface area contributed by atoms with Crippen molar-refractivity contribution in [3.05, 3.63) is 51.4 Å². The number of aryl methyl sites for hydroxylation is 1. The van der Waals surface area contributed by atoms with Crippen LogP contribution < -0.4 is 15.2 Å². The van der Waals surface area contributed by atoms with Gasteiger partial charge < -0.3 is 19.3 Å². The van der Waals surface area contributed by atoms with E-state index in [9.17, 15) is 9.59 Å². The third kappa shape index (κ3) is 4.90. The number of methoxy groups -OCH3 is 1. The van der Waals surface area contributed by atoms with E-state index in [0.717, 1.165) is 18.7 Å². The number of ether oxygens (including phenoxy) is 2. The van der Waals surface area contributed by atoms with E-state index in [1.165, 1.54) is 5.56 Å². The van der Waals surface area contributed by atoms with E-state index in [2.05, 4.69) is 22.1 Å². The normalized spacial score (nSPS) is 19.0. The summed E-state index contributed by atoms with van der Waals surface area (Å²) in [6.45, 7) is 6.00. The summed E-state index contributed by atoms with van der Waals surface area (Å²) >= 11 is 0. The average molecular weight is 427 g/mol. The van der Waals surface area contributed by atoms with Gasteiger partial charge in [0.1, 0.15) is 5.75 Å². The number of aromatic amines is 1. The minimum absolute atomic E-state index is 0.0899. The highest BCUT2D eigenvalue weighted by Gasteiger charge is 2.27. The van der Waals surface area contributed by atoms with Gasteiger partial charge in [0.25, 0.3) is 5.56 Å². The molecule has 1 atom stereocenters. The Morgan fingerprint density at radius 2 is 1.97 bits per heavy atom. The summed E-state index contributed by atoms with van der Waals surface area (Å²) in [5.41, 5.74) is 2.36. The summed E-state index contributed by atoms with van der Waals surface area (Å²) in [6, 6.07) is 8.06. The summed E-state index contributed by atoms with van der Waals surface area (Å²) in [6.07, 6.45) is 1.67. The highest BCUT2D eigenvalue weighted by Crippen LogP contribution is 2.29. The Labute approximate surface area is 182 Å². The molecule has 0 aliphatic carbocycles. The number of carbonyl (C=O) groups excluding carboxylic acids is 1. The number of nitrogens with one attached hydrogen (secondary N) is 1. The van der Waals surface area contributed by atoms with Crippen molar-refractivity contribution in [3.8, 4) is 5.75 Å². The van der Waals surface area contributed by atoms with E-state index in [1.807, 2.05) is 28.9 Å². The fourth-order valence-electron chi connectivity index (χ4n) is 4.34. The maximum atomic E-state index is 12.8. The number of rotatable bonds is 6. The summed E-state index contributed by atoms with van der Waals surface area (Å²) < 4.78 is 10.6. The average Bonchev–Trinajstić information content (AvgIpc) is 3.29. The van der Waals surface area contributed by atoms with Gasteiger partial charge in [-0.05, 0) is 37.5 Å². The Kier molecular flexibility index (Phi) is 6.56. The molecule has 1 aromatic carbocycles. The predicted molar refractivity (Wildman–Crippen MR) is 118 cm³/mol. The van der Waals surface area contributed by atoms with Gasteiger partial charge in [0.05, 0.1) is 20.3 Å². The molecule has 8 heteroatoms. The first-order chi connectivity index (χ1) is 15.0. The SMILES string of the molecule is COc1ccc(C2CCN(C(=O)CCc3c(C)nc(N4CCOCC4)[nH]c3=O)C2)cc1. The van der Waals surface area contributed by atoms with E-state index in [4.69, 9.17) is 9.47 Å². The molecule has 2 aliphatic heterocycles. The molecule has 1 aromatic heterocycles. The number of benzene rings is 1. The smallest absolute Gasteiger partial charge is 0.255 e. The van der Waals surface area contributed by atoms with Gasteiger partial charge in [-0.1, -0.05) is 12.1 Å². The maximum absolute atomic E-state index is 12.8. The zero-order valence-electron chi connectivity index (χ0n) is 18.2. The zero-order chi connectivity index (χ0) is 21.8. The van der Waals surface area contributed by atoms with Crippen LogP contribution in [0.1, 0.15) is 35.6 Å². The van der Waals surface area contributed by atoms with Crippen molar-refractivity contribution in [2.24, 2.45) is 0 Å². The number of likely N-dealkylation sites (tertiary alicyclic amines) is 1. The highest BCUT2D eigenvalue weighted by molar-refractivity contribution is 5.77. The molecular weight excluding hydrogens is 396 g/mol. The molecular formula is C23H30N4O4. The first-order valence-electron chi connectivity index (χ1n) is 10.9. The molecule has 3 heterocycles. The standard InChI is InChI=1S/C23H30N4O4/c1-16-20(22(29)25-23(24-16)26-11-13-31-14-12-26)7-8-21(28)27-10-9-18(15-27)17-3-5-19(30-2)6-4-17/h3-6,18H,7-15H2,1-2H3,(H,24,25,29). The van der Waals surface area contributed by atoms with Crippen molar-refractivity contribution in [1.82, 2.24) is 14.9 Å². The predicted octanol–water partition coefficient (Wildman–Crippen LogP) is 1.87. The first-order valence-corrected chi connectivity index (χ1v) is 10.9. The number of H-pyrrole nitrogens is 1. The Balaban J connectivity index is 1.34. The largest absolute Gasteiger partial charge is 0.497 e. The molecule has 2 aromatic rings. The minimum Gasteiger partial charge on any atom is -0.497 e. The molecule has 1 unspecified atom stereocenters. The van der Waals surface area contributed by atoms with E-state index < -0.39 is 0 Å². The monoisotopic (exact) mass is 426 g/mol. The van der Waals surface area contributed by atoms with Crippen LogP contribution in [0.5, 0.6) is 5.75 Å². The lowest BCUT2D eigenvalue weighted by molar-refractivity contribution is -0.130. The van der Waals surface area contributed by atoms with Crippen molar-refractivity contribution >= 4 is 11.9 Å². The molecule has 1 amide bonds. The number of amides is 1. The van der Waals surface area contributed by atoms with Gasteiger partial charge in [-0.15, -0.1) is 0 Å². The van der Waals surface area contributed by atoms with Crippen molar-refractivity contribution in [2.75, 3.05) is 51.4 Å². The van der Waals surface area contributed by atoms with E-state index in [-0.39, 0.29) is 11.5 Å². The lowest BCUT2D eigenvalue weighted by Crippen LogP contribution is -2.38. The van der Waals surface area contributed by atoms with Crippen molar-refractivity contribution in [3.63, 3.8) is 0 Å². The van der Waals surface area contributed by atoms with Gasteiger partial charge in [0, 0.05) is 49.8 Å². The summed E-state index contributed by atoms with van der Waals surface area (Å²) in [5, 5.41) is 0. The van der Waals surface area contributed by atoms with Gasteiger partial charge in [0.2, 0.25) is 11.9 Å². The molecule has 0 saturated carbocycles. The van der Waals surface area contributed by atoms with Gasteiger partial charge in [-0.3, -0.25) is 14.6 Å². The van der Waals surface area contributed by atoms with Crippen molar-refractivity contribution in [2.45, 2.75) is 32.1 Å². The fourth-order valence-corrected chi connectivity index (χ4v) is 4.34. The van der Waals surface area contributed by atoms with Crippen molar-refractivity contribution < 1.29 is 14.3 Å². The molecule has 0 bridgehead atoms. The zero-order valence-corrected chi connectivity index (χ0v) is 18.2. The minimum atomic E-state index is -0.153. The van der Waals surface area contributed by atoms with Crippen LogP contribution in [-0.4, -0.2) is 67.3 Å². The number of anilines is 1. The molecule has 2 saturated heterocycles. The van der Waals surface area contributed by atoms with E-state index >= 15 is 0 Å². The first kappa shape index (κ1) is 21.4. The van der Waals surface area contributed by atoms with Crippen LogP contribution in [-0.2, 0) is 16.0 Å². The quantitative estimate of drug-likeness (QED) is 0.759. The van der Waals surface area contributed by atoms with Crippen LogP contribution in [0.2, 0.25) is 0 Å². The molecule has 2 fully saturated rings. The Bertz CT molecular complexity index is 967. The third-order valence-electron chi connectivity index (χ3n) is 6.24. The molecule has 0 spiro atoms. The number of nitrogens with zero attached hydrogens (tertiary/aromatic N) is 3. The maximum Gasteiger partial charge on any atom is 0.255 e. The van der Waals surface area contributed by atoms with E-state index in [1.54, 1.807) is 7.11 Å². The summed E-state index contributed by atoms with van der Waals surface area (Å²) in [7, 11) is 1.66. The second-order valence-electron chi connectivity index (χ2n) is 8.15. The molecule has 0 radical (unpaired) electrons. The van der Waals surface area contributed by atoms with Gasteiger partial charge in [-0.2, -0.15) is 0 Å².